The zero-order valence-electron chi connectivity index (χ0n) is 18.2. The molecule has 3 aromatic rings. The lowest BCUT2D eigenvalue weighted by Crippen LogP contribution is -2.41. The number of ether oxygens (including phenoxy) is 1. The van der Waals surface area contributed by atoms with Gasteiger partial charge in [-0.05, 0) is 37.3 Å². The highest BCUT2D eigenvalue weighted by Gasteiger charge is 2.23. The van der Waals surface area contributed by atoms with Gasteiger partial charge in [-0.3, -0.25) is 5.84 Å². The van der Waals surface area contributed by atoms with Gasteiger partial charge in [0.25, 0.3) is 0 Å². The molecule has 0 amide bonds. The van der Waals surface area contributed by atoms with Crippen molar-refractivity contribution in [2.45, 2.75) is 26.3 Å². The highest BCUT2D eigenvalue weighted by molar-refractivity contribution is 5.88. The molecule has 4 rings (SSSR count). The van der Waals surface area contributed by atoms with Crippen LogP contribution in [0.25, 0.3) is 10.9 Å². The fourth-order valence-electron chi connectivity index (χ4n) is 4.29. The lowest BCUT2D eigenvalue weighted by molar-refractivity contribution is 0.0525. The molecule has 1 aromatic carbocycles. The molecule has 0 aliphatic carbocycles. The summed E-state index contributed by atoms with van der Waals surface area (Å²) in [5.41, 5.74) is 2.87. The van der Waals surface area contributed by atoms with E-state index >= 15 is 0 Å². The molecule has 8 nitrogen and oxygen atoms in total. The summed E-state index contributed by atoms with van der Waals surface area (Å²) in [5, 5.41) is 3.20. The molecule has 0 atom stereocenters. The van der Waals surface area contributed by atoms with Crippen molar-refractivity contribution in [2.75, 3.05) is 31.1 Å². The van der Waals surface area contributed by atoms with E-state index in [2.05, 4.69) is 56.9 Å². The molecule has 2 N–H and O–H groups in total. The molecule has 1 fully saturated rings. The lowest BCUT2D eigenvalue weighted by atomic mass is 9.96. The number of esters is 1. The number of nitrogens with zero attached hydrogens (tertiary/aromatic N) is 5. The number of aryl methyl sites for hydroxylation is 1. The molecular formula is C23H30N6O2. The second kappa shape index (κ2) is 9.45. The predicted molar refractivity (Wildman–Crippen MR) is 120 cm³/mol. The van der Waals surface area contributed by atoms with Crippen molar-refractivity contribution in [1.82, 2.24) is 19.5 Å². The van der Waals surface area contributed by atoms with Crippen molar-refractivity contribution < 1.29 is 9.53 Å². The van der Waals surface area contributed by atoms with Crippen LogP contribution in [0.15, 0.2) is 42.9 Å². The van der Waals surface area contributed by atoms with Crippen LogP contribution in [-0.4, -0.2) is 51.8 Å². The van der Waals surface area contributed by atoms with Crippen LogP contribution in [0.2, 0.25) is 0 Å². The number of fused-ring (bicyclic) bond motifs is 1. The van der Waals surface area contributed by atoms with Crippen molar-refractivity contribution >= 4 is 22.8 Å². The maximum absolute atomic E-state index is 11.7. The number of rotatable bonds is 7. The molecule has 0 radical (unpaired) electrons. The number of hydrogen-bond donors (Lipinski definition) is 1. The number of aromatic nitrogens is 3. The Morgan fingerprint density at radius 2 is 1.94 bits per heavy atom. The van der Waals surface area contributed by atoms with Gasteiger partial charge in [0.05, 0.1) is 12.2 Å². The van der Waals surface area contributed by atoms with E-state index in [1.165, 1.54) is 28.9 Å². The molecule has 0 unspecified atom stereocenters. The van der Waals surface area contributed by atoms with Crippen LogP contribution in [0.3, 0.4) is 0 Å². The first-order valence-electron chi connectivity index (χ1n) is 10.8. The Morgan fingerprint density at radius 1 is 1.23 bits per heavy atom. The molecule has 1 saturated heterocycles. The van der Waals surface area contributed by atoms with Crippen molar-refractivity contribution in [2.24, 2.45) is 18.8 Å². The molecule has 2 aromatic heterocycles. The first kappa shape index (κ1) is 21.3. The molecule has 8 heteroatoms. The van der Waals surface area contributed by atoms with Crippen LogP contribution in [0.5, 0.6) is 0 Å². The van der Waals surface area contributed by atoms with Gasteiger partial charge < -0.3 is 14.2 Å². The topological polar surface area (TPSA) is 89.5 Å². The number of benzene rings is 1. The molecule has 0 bridgehead atoms. The van der Waals surface area contributed by atoms with E-state index < -0.39 is 0 Å². The number of hydrazine groups is 1. The summed E-state index contributed by atoms with van der Waals surface area (Å²) in [6.07, 6.45) is 7.32. The standard InChI is InChI=1S/C23H30N6O2/c1-3-31-22(30)18-12-25-23(26-13-18)28-10-8-17(9-11-28)14-29(24)16-19-15-27(2)21-7-5-4-6-20(19)21/h4-7,12-13,15,17H,3,8-11,14,16,24H2,1-2H3. The van der Waals surface area contributed by atoms with Crippen LogP contribution in [0, 0.1) is 5.92 Å². The summed E-state index contributed by atoms with van der Waals surface area (Å²) >= 11 is 0. The number of piperidine rings is 1. The molecule has 1 aliphatic heterocycles. The fraction of sp³-hybridized carbons (Fsp3) is 0.435. The second-order valence-electron chi connectivity index (χ2n) is 8.13. The molecular weight excluding hydrogens is 392 g/mol. The van der Waals surface area contributed by atoms with Crippen molar-refractivity contribution in [3.05, 3.63) is 54.0 Å². The third-order valence-electron chi connectivity index (χ3n) is 5.89. The predicted octanol–water partition coefficient (Wildman–Crippen LogP) is 2.74. The summed E-state index contributed by atoms with van der Waals surface area (Å²) in [6.45, 7) is 5.48. The Kier molecular flexibility index (Phi) is 6.48. The first-order chi connectivity index (χ1) is 15.0. The van der Waals surface area contributed by atoms with Crippen molar-refractivity contribution in [3.8, 4) is 0 Å². The summed E-state index contributed by atoms with van der Waals surface area (Å²) in [4.78, 5) is 22.6. The normalized spacial score (nSPS) is 15.0. The maximum atomic E-state index is 11.7. The Bertz CT molecular complexity index is 1020. The third-order valence-corrected chi connectivity index (χ3v) is 5.89. The van der Waals surface area contributed by atoms with Gasteiger partial charge in [-0.15, -0.1) is 0 Å². The smallest absolute Gasteiger partial charge is 0.341 e. The van der Waals surface area contributed by atoms with Crippen molar-refractivity contribution in [1.29, 1.82) is 0 Å². The van der Waals surface area contributed by atoms with E-state index in [1.54, 1.807) is 6.92 Å². The lowest BCUT2D eigenvalue weighted by Gasteiger charge is -2.33. The summed E-state index contributed by atoms with van der Waals surface area (Å²) in [7, 11) is 2.07. The number of carbonyl (C=O) groups is 1. The van der Waals surface area contributed by atoms with Gasteiger partial charge in [0.2, 0.25) is 5.95 Å². The number of hydrogen-bond acceptors (Lipinski definition) is 7. The minimum atomic E-state index is -0.387. The zero-order valence-corrected chi connectivity index (χ0v) is 18.2. The van der Waals surface area contributed by atoms with Gasteiger partial charge in [0, 0.05) is 62.7 Å². The Morgan fingerprint density at radius 3 is 2.65 bits per heavy atom. The number of nitrogens with two attached hydrogens (primary N) is 1. The Hall–Kier alpha value is -2.97. The van der Waals surface area contributed by atoms with E-state index in [0.29, 0.717) is 24.0 Å². The van der Waals surface area contributed by atoms with Crippen LogP contribution in [0.4, 0.5) is 5.95 Å². The SMILES string of the molecule is CCOC(=O)c1cnc(N2CCC(CN(N)Cc3cn(C)c4ccccc34)CC2)nc1. The number of anilines is 1. The van der Waals surface area contributed by atoms with Gasteiger partial charge in [-0.2, -0.15) is 0 Å². The Balaban J connectivity index is 1.29. The zero-order chi connectivity index (χ0) is 21.8. The molecule has 0 saturated carbocycles. The number of carbonyl (C=O) groups excluding carboxylic acids is 1. The van der Waals surface area contributed by atoms with E-state index in [-0.39, 0.29) is 5.97 Å². The largest absolute Gasteiger partial charge is 0.462 e. The minimum Gasteiger partial charge on any atom is -0.462 e. The molecule has 31 heavy (non-hydrogen) atoms. The second-order valence-corrected chi connectivity index (χ2v) is 8.13. The molecule has 164 valence electrons. The molecule has 0 spiro atoms. The van der Waals surface area contributed by atoms with Gasteiger partial charge in [-0.25, -0.2) is 19.8 Å². The molecule has 1 aliphatic rings. The van der Waals surface area contributed by atoms with E-state index in [4.69, 9.17) is 10.6 Å². The fourth-order valence-corrected chi connectivity index (χ4v) is 4.29. The van der Waals surface area contributed by atoms with Crippen LogP contribution < -0.4 is 10.7 Å². The summed E-state index contributed by atoms with van der Waals surface area (Å²) in [6, 6.07) is 8.43. The monoisotopic (exact) mass is 422 g/mol. The average molecular weight is 423 g/mol. The van der Waals surface area contributed by atoms with Gasteiger partial charge >= 0.3 is 5.97 Å². The van der Waals surface area contributed by atoms with E-state index in [1.807, 2.05) is 5.01 Å². The number of para-hydroxylation sites is 1. The van der Waals surface area contributed by atoms with Crippen LogP contribution in [-0.2, 0) is 18.3 Å². The van der Waals surface area contributed by atoms with Crippen LogP contribution >= 0.6 is 0 Å². The van der Waals surface area contributed by atoms with E-state index in [0.717, 1.165) is 39.0 Å². The highest BCUT2D eigenvalue weighted by Crippen LogP contribution is 2.24. The first-order valence-corrected chi connectivity index (χ1v) is 10.8. The van der Waals surface area contributed by atoms with Crippen molar-refractivity contribution in [3.63, 3.8) is 0 Å². The minimum absolute atomic E-state index is 0.340. The molecule has 3 heterocycles. The van der Waals surface area contributed by atoms with Crippen LogP contribution in [0.1, 0.15) is 35.7 Å². The quantitative estimate of drug-likeness (QED) is 0.356. The van der Waals surface area contributed by atoms with E-state index in [9.17, 15) is 4.79 Å². The van der Waals surface area contributed by atoms with Gasteiger partial charge in [-0.1, -0.05) is 18.2 Å². The van der Waals surface area contributed by atoms with Gasteiger partial charge in [0.15, 0.2) is 0 Å². The summed E-state index contributed by atoms with van der Waals surface area (Å²) in [5.74, 6) is 7.20. The summed E-state index contributed by atoms with van der Waals surface area (Å²) < 4.78 is 7.14. The maximum Gasteiger partial charge on any atom is 0.341 e. The third kappa shape index (κ3) is 4.86. The average Bonchev–Trinajstić information content (AvgIpc) is 3.10. The highest BCUT2D eigenvalue weighted by atomic mass is 16.5. The van der Waals surface area contributed by atoms with Gasteiger partial charge in [0.1, 0.15) is 0 Å². The Labute approximate surface area is 182 Å².